The molecule has 4 heteroatoms. The molecule has 0 aliphatic carbocycles. The predicted octanol–water partition coefficient (Wildman–Crippen LogP) is 1.33. The molecule has 1 aromatic heterocycles. The minimum Gasteiger partial charge on any atom is -0.381 e. The zero-order chi connectivity index (χ0) is 12.1. The minimum absolute atomic E-state index is 0.0193. The van der Waals surface area contributed by atoms with E-state index in [0.717, 1.165) is 44.7 Å². The van der Waals surface area contributed by atoms with Gasteiger partial charge in [-0.05, 0) is 12.8 Å². The number of imidazole rings is 1. The fraction of sp³-hybridized carbons (Fsp3) is 0.615. The van der Waals surface area contributed by atoms with Crippen LogP contribution in [-0.2, 0) is 11.3 Å². The normalized spacial score (nSPS) is 21.3. The zero-order valence-electron chi connectivity index (χ0n) is 10.0. The van der Waals surface area contributed by atoms with Crippen molar-refractivity contribution in [1.29, 1.82) is 0 Å². The topological polar surface area (TPSA) is 53.1 Å². The molecular weight excluding hydrogens is 214 g/mol. The maximum Gasteiger partial charge on any atom is 0.0948 e. The van der Waals surface area contributed by atoms with E-state index in [1.807, 2.05) is 12.5 Å². The Balaban J connectivity index is 1.99. The summed E-state index contributed by atoms with van der Waals surface area (Å²) in [6, 6.07) is 0.0193. The number of unbranched alkanes of at least 4 members (excludes halogenated alkanes) is 1. The fourth-order valence-electron chi connectivity index (χ4n) is 2.22. The lowest BCUT2D eigenvalue weighted by molar-refractivity contribution is 0.180. The largest absolute Gasteiger partial charge is 0.381 e. The van der Waals surface area contributed by atoms with Gasteiger partial charge in [0, 0.05) is 31.7 Å². The van der Waals surface area contributed by atoms with Crippen molar-refractivity contribution in [3.05, 3.63) is 18.2 Å². The van der Waals surface area contributed by atoms with Crippen LogP contribution in [-0.4, -0.2) is 22.8 Å². The van der Waals surface area contributed by atoms with E-state index in [-0.39, 0.29) is 6.04 Å². The number of terminal acetylenes is 1. The van der Waals surface area contributed by atoms with Crippen LogP contribution in [0.2, 0.25) is 0 Å². The van der Waals surface area contributed by atoms with Gasteiger partial charge >= 0.3 is 0 Å². The molecule has 0 spiro atoms. The smallest absolute Gasteiger partial charge is 0.0948 e. The van der Waals surface area contributed by atoms with Crippen LogP contribution in [0.4, 0.5) is 0 Å². The van der Waals surface area contributed by atoms with Gasteiger partial charge in [0.25, 0.3) is 0 Å². The van der Waals surface area contributed by atoms with Crippen molar-refractivity contribution in [1.82, 2.24) is 9.55 Å². The SMILES string of the molecule is C#CCCCn1cncc1C(N)C1CCOC1. The first-order chi connectivity index (χ1) is 8.33. The summed E-state index contributed by atoms with van der Waals surface area (Å²) in [5.74, 6) is 3.06. The molecule has 17 heavy (non-hydrogen) atoms. The van der Waals surface area contributed by atoms with Gasteiger partial charge in [0.1, 0.15) is 0 Å². The van der Waals surface area contributed by atoms with Gasteiger partial charge in [0.05, 0.1) is 24.7 Å². The molecule has 2 atom stereocenters. The third-order valence-corrected chi connectivity index (χ3v) is 3.28. The predicted molar refractivity (Wildman–Crippen MR) is 66.1 cm³/mol. The molecule has 0 saturated carbocycles. The lowest BCUT2D eigenvalue weighted by Gasteiger charge is -2.19. The monoisotopic (exact) mass is 233 g/mol. The second kappa shape index (κ2) is 5.85. The van der Waals surface area contributed by atoms with E-state index in [4.69, 9.17) is 16.9 Å². The van der Waals surface area contributed by atoms with Gasteiger partial charge in [-0.3, -0.25) is 0 Å². The minimum atomic E-state index is 0.0193. The molecule has 1 fully saturated rings. The lowest BCUT2D eigenvalue weighted by atomic mass is 9.97. The highest BCUT2D eigenvalue weighted by Crippen LogP contribution is 2.26. The van der Waals surface area contributed by atoms with E-state index < -0.39 is 0 Å². The third kappa shape index (κ3) is 2.87. The Morgan fingerprint density at radius 2 is 2.59 bits per heavy atom. The van der Waals surface area contributed by atoms with Gasteiger partial charge in [-0.25, -0.2) is 4.98 Å². The number of hydrogen-bond acceptors (Lipinski definition) is 3. The van der Waals surface area contributed by atoms with Crippen molar-refractivity contribution < 1.29 is 4.74 Å². The van der Waals surface area contributed by atoms with E-state index in [0.29, 0.717) is 5.92 Å². The number of hydrogen-bond donors (Lipinski definition) is 1. The van der Waals surface area contributed by atoms with Crippen LogP contribution in [0.3, 0.4) is 0 Å². The molecule has 1 aliphatic rings. The maximum atomic E-state index is 6.27. The molecule has 0 bridgehead atoms. The average Bonchev–Trinajstić information content (AvgIpc) is 3.00. The Bertz CT molecular complexity index is 388. The van der Waals surface area contributed by atoms with Crippen LogP contribution < -0.4 is 5.73 Å². The molecule has 92 valence electrons. The first kappa shape index (κ1) is 12.2. The number of aromatic nitrogens is 2. The zero-order valence-corrected chi connectivity index (χ0v) is 10.0. The summed E-state index contributed by atoms with van der Waals surface area (Å²) in [5, 5.41) is 0. The first-order valence-electron chi connectivity index (χ1n) is 6.09. The van der Waals surface area contributed by atoms with Gasteiger partial charge in [0.2, 0.25) is 0 Å². The van der Waals surface area contributed by atoms with Crippen molar-refractivity contribution in [3.8, 4) is 12.3 Å². The average molecular weight is 233 g/mol. The molecule has 2 heterocycles. The van der Waals surface area contributed by atoms with Crippen LogP contribution in [0.15, 0.2) is 12.5 Å². The van der Waals surface area contributed by atoms with Crippen LogP contribution in [0.5, 0.6) is 0 Å². The molecule has 2 unspecified atom stereocenters. The van der Waals surface area contributed by atoms with E-state index in [1.165, 1.54) is 0 Å². The van der Waals surface area contributed by atoms with Gasteiger partial charge in [0.15, 0.2) is 0 Å². The molecule has 2 rings (SSSR count). The van der Waals surface area contributed by atoms with Crippen molar-refractivity contribution in [2.75, 3.05) is 13.2 Å². The lowest BCUT2D eigenvalue weighted by Crippen LogP contribution is -2.24. The third-order valence-electron chi connectivity index (χ3n) is 3.28. The highest BCUT2D eigenvalue weighted by atomic mass is 16.5. The Morgan fingerprint density at radius 3 is 3.29 bits per heavy atom. The Hall–Kier alpha value is -1.31. The number of nitrogens with two attached hydrogens (primary N) is 1. The number of rotatable bonds is 5. The van der Waals surface area contributed by atoms with Crippen LogP contribution in [0.25, 0.3) is 0 Å². The van der Waals surface area contributed by atoms with Gasteiger partial charge in [-0.2, -0.15) is 0 Å². The number of ether oxygens (including phenoxy) is 1. The standard InChI is InChI=1S/C13H19N3O/c1-2-3-4-6-16-10-15-8-12(16)13(14)11-5-7-17-9-11/h1,8,10-11,13H,3-7,9,14H2. The van der Waals surface area contributed by atoms with Gasteiger partial charge < -0.3 is 15.0 Å². The highest BCUT2D eigenvalue weighted by Gasteiger charge is 2.26. The van der Waals surface area contributed by atoms with E-state index in [2.05, 4.69) is 15.5 Å². The molecule has 1 aliphatic heterocycles. The molecule has 0 radical (unpaired) electrons. The fourth-order valence-corrected chi connectivity index (χ4v) is 2.22. The van der Waals surface area contributed by atoms with E-state index in [9.17, 15) is 0 Å². The Morgan fingerprint density at radius 1 is 1.71 bits per heavy atom. The molecule has 2 N–H and O–H groups in total. The van der Waals surface area contributed by atoms with E-state index in [1.54, 1.807) is 0 Å². The van der Waals surface area contributed by atoms with Crippen LogP contribution >= 0.6 is 0 Å². The van der Waals surface area contributed by atoms with Crippen molar-refractivity contribution >= 4 is 0 Å². The van der Waals surface area contributed by atoms with Gasteiger partial charge in [-0.1, -0.05) is 0 Å². The summed E-state index contributed by atoms with van der Waals surface area (Å²) in [6.07, 6.45) is 11.7. The van der Waals surface area contributed by atoms with Gasteiger partial charge in [-0.15, -0.1) is 12.3 Å². The molecule has 4 nitrogen and oxygen atoms in total. The first-order valence-corrected chi connectivity index (χ1v) is 6.09. The van der Waals surface area contributed by atoms with Crippen LogP contribution in [0.1, 0.15) is 31.0 Å². The second-order valence-corrected chi connectivity index (χ2v) is 4.47. The van der Waals surface area contributed by atoms with Crippen molar-refractivity contribution in [3.63, 3.8) is 0 Å². The molecular formula is C13H19N3O. The second-order valence-electron chi connectivity index (χ2n) is 4.47. The Labute approximate surface area is 102 Å². The summed E-state index contributed by atoms with van der Waals surface area (Å²) in [4.78, 5) is 4.18. The highest BCUT2D eigenvalue weighted by molar-refractivity contribution is 5.07. The van der Waals surface area contributed by atoms with Crippen molar-refractivity contribution in [2.24, 2.45) is 11.7 Å². The summed E-state index contributed by atoms with van der Waals surface area (Å²) in [7, 11) is 0. The summed E-state index contributed by atoms with van der Waals surface area (Å²) in [5.41, 5.74) is 7.36. The summed E-state index contributed by atoms with van der Waals surface area (Å²) >= 11 is 0. The summed E-state index contributed by atoms with van der Waals surface area (Å²) < 4.78 is 7.49. The molecule has 1 saturated heterocycles. The van der Waals surface area contributed by atoms with Crippen LogP contribution in [0, 0.1) is 18.3 Å². The molecule has 1 aromatic rings. The number of nitrogens with zero attached hydrogens (tertiary/aromatic N) is 2. The van der Waals surface area contributed by atoms with Crippen molar-refractivity contribution in [2.45, 2.75) is 31.8 Å². The quantitative estimate of drug-likeness (QED) is 0.616. The maximum absolute atomic E-state index is 6.27. The van der Waals surface area contributed by atoms with E-state index >= 15 is 0 Å². The number of aryl methyl sites for hydroxylation is 1. The molecule has 0 amide bonds. The summed E-state index contributed by atoms with van der Waals surface area (Å²) in [6.45, 7) is 2.47. The Kier molecular flexibility index (Phi) is 4.18. The molecule has 0 aromatic carbocycles.